The van der Waals surface area contributed by atoms with Gasteiger partial charge in [-0.25, -0.2) is 4.39 Å². The molecule has 0 saturated carbocycles. The van der Waals surface area contributed by atoms with Crippen LogP contribution in [-0.2, 0) is 0 Å². The van der Waals surface area contributed by atoms with E-state index in [0.717, 1.165) is 6.42 Å². The van der Waals surface area contributed by atoms with Crippen LogP contribution in [0.1, 0.15) is 6.42 Å². The van der Waals surface area contributed by atoms with Crippen molar-refractivity contribution in [1.29, 1.82) is 0 Å². The summed E-state index contributed by atoms with van der Waals surface area (Å²) in [7, 11) is 0. The minimum atomic E-state index is -0.147. The summed E-state index contributed by atoms with van der Waals surface area (Å²) < 4.78 is 11.9. The smallest absolute Gasteiger partial charge is 0.188 e. The lowest BCUT2D eigenvalue weighted by Gasteiger charge is -1.94. The maximum absolute atomic E-state index is 11.9. The Bertz CT molecular complexity index is 90.7. The topological polar surface area (TPSA) is 0 Å². The van der Waals surface area contributed by atoms with Crippen LogP contribution in [0.3, 0.4) is 0 Å². The molecule has 0 heterocycles. The summed E-state index contributed by atoms with van der Waals surface area (Å²) in [4.78, 5) is 0. The van der Waals surface area contributed by atoms with Gasteiger partial charge >= 0.3 is 0 Å². The van der Waals surface area contributed by atoms with Crippen molar-refractivity contribution in [1.82, 2.24) is 0 Å². The van der Waals surface area contributed by atoms with Gasteiger partial charge in [0.25, 0.3) is 0 Å². The minimum Gasteiger partial charge on any atom is -0.230 e. The summed E-state index contributed by atoms with van der Waals surface area (Å²) in [5.74, 6) is 0. The van der Waals surface area contributed by atoms with Gasteiger partial charge in [-0.1, -0.05) is 12.2 Å². The van der Waals surface area contributed by atoms with Crippen molar-refractivity contribution in [3.63, 3.8) is 0 Å². The zero-order chi connectivity index (χ0) is 5.11. The first kappa shape index (κ1) is 4.57. The summed E-state index contributed by atoms with van der Waals surface area (Å²) in [6.07, 6.45) is 7.24. The molecule has 0 aromatic carbocycles. The van der Waals surface area contributed by atoms with Gasteiger partial charge in [0.15, 0.2) is 6.17 Å². The third kappa shape index (κ3) is 1.15. The van der Waals surface area contributed by atoms with Crippen molar-refractivity contribution in [2.75, 3.05) is 0 Å². The molecule has 1 rings (SSSR count). The van der Waals surface area contributed by atoms with Crippen LogP contribution >= 0.6 is 0 Å². The zero-order valence-electron chi connectivity index (χ0n) is 3.89. The van der Waals surface area contributed by atoms with E-state index in [4.69, 9.17) is 0 Å². The molecule has 0 fully saturated rings. The maximum Gasteiger partial charge on any atom is 0.188 e. The Labute approximate surface area is 42.3 Å². The highest BCUT2D eigenvalue weighted by Crippen LogP contribution is 2.10. The fourth-order valence-electron chi connectivity index (χ4n) is 0.495. The molecule has 7 heavy (non-hydrogen) atoms. The largest absolute Gasteiger partial charge is 0.230 e. The molecule has 0 amide bonds. The molecule has 0 aromatic heterocycles. The van der Waals surface area contributed by atoms with Crippen LogP contribution in [0.5, 0.6) is 0 Å². The number of hydrogen-bond acceptors (Lipinski definition) is 0. The molecule has 0 unspecified atom stereocenters. The normalized spacial score (nSPS) is 20.7. The van der Waals surface area contributed by atoms with Crippen molar-refractivity contribution < 1.29 is 4.39 Å². The number of hydrogen-bond donors (Lipinski definition) is 0. The van der Waals surface area contributed by atoms with Gasteiger partial charge in [-0.2, -0.15) is 0 Å². The van der Waals surface area contributed by atoms with Crippen LogP contribution < -0.4 is 0 Å². The van der Waals surface area contributed by atoms with Gasteiger partial charge in [-0.3, -0.25) is 0 Å². The van der Waals surface area contributed by atoms with Gasteiger partial charge < -0.3 is 0 Å². The lowest BCUT2D eigenvalue weighted by Crippen LogP contribution is -1.79. The van der Waals surface area contributed by atoms with Gasteiger partial charge in [-0.05, 0) is 18.6 Å². The van der Waals surface area contributed by atoms with Crippen LogP contribution in [-0.4, -0.2) is 0 Å². The fourth-order valence-corrected chi connectivity index (χ4v) is 0.495. The van der Waals surface area contributed by atoms with Crippen molar-refractivity contribution in [3.8, 4) is 0 Å². The summed E-state index contributed by atoms with van der Waals surface area (Å²) in [6.45, 7) is 0. The van der Waals surface area contributed by atoms with Crippen molar-refractivity contribution in [2.45, 2.75) is 6.42 Å². The maximum atomic E-state index is 11.9. The van der Waals surface area contributed by atoms with Crippen molar-refractivity contribution >= 4 is 0 Å². The number of halogens is 1. The lowest BCUT2D eigenvalue weighted by atomic mass is 10.2. The molecule has 0 bridgehead atoms. The van der Waals surface area contributed by atoms with E-state index in [9.17, 15) is 4.39 Å². The summed E-state index contributed by atoms with van der Waals surface area (Å²) in [5, 5.41) is 0. The van der Waals surface area contributed by atoms with Crippen LogP contribution in [0.25, 0.3) is 0 Å². The standard InChI is InChI=1S/C6H6F/c7-6-4-2-1-3-5-6/h2-5H,1H2. The Morgan fingerprint density at radius 2 is 1.86 bits per heavy atom. The van der Waals surface area contributed by atoms with E-state index in [-0.39, 0.29) is 6.17 Å². The molecule has 0 aliphatic heterocycles. The fraction of sp³-hybridized carbons (Fsp3) is 0.167. The molecule has 1 heteroatoms. The average Bonchev–Trinajstić information content (AvgIpc) is 1.69. The van der Waals surface area contributed by atoms with Crippen LogP contribution in [0, 0.1) is 6.17 Å². The van der Waals surface area contributed by atoms with Crippen molar-refractivity contribution in [2.24, 2.45) is 0 Å². The Hall–Kier alpha value is -0.590. The third-order valence-corrected chi connectivity index (χ3v) is 0.826. The van der Waals surface area contributed by atoms with Gasteiger partial charge in [0, 0.05) is 0 Å². The van der Waals surface area contributed by atoms with E-state index in [2.05, 4.69) is 0 Å². The number of allylic oxidation sites excluding steroid dienone is 4. The predicted octanol–water partition coefficient (Wildman–Crippen LogP) is 2.00. The van der Waals surface area contributed by atoms with E-state index in [1.165, 1.54) is 12.2 Å². The molecule has 0 spiro atoms. The lowest BCUT2D eigenvalue weighted by molar-refractivity contribution is 0.585. The van der Waals surface area contributed by atoms with Gasteiger partial charge in [0.2, 0.25) is 0 Å². The highest BCUT2D eigenvalue weighted by atomic mass is 19.1. The van der Waals surface area contributed by atoms with Crippen molar-refractivity contribution in [3.05, 3.63) is 30.5 Å². The second-order valence-corrected chi connectivity index (χ2v) is 1.43. The Kier molecular flexibility index (Phi) is 1.25. The molecule has 0 nitrogen and oxygen atoms in total. The SMILES string of the molecule is F[C]1C=CCC=C1. The first-order valence-corrected chi connectivity index (χ1v) is 2.25. The molecule has 1 aliphatic carbocycles. The first-order chi connectivity index (χ1) is 3.39. The van der Waals surface area contributed by atoms with E-state index in [1.807, 2.05) is 0 Å². The van der Waals surface area contributed by atoms with Crippen LogP contribution in [0.15, 0.2) is 24.3 Å². The van der Waals surface area contributed by atoms with Crippen LogP contribution in [0.4, 0.5) is 4.39 Å². The van der Waals surface area contributed by atoms with Gasteiger partial charge in [-0.15, -0.1) is 0 Å². The molecule has 0 aromatic rings. The van der Waals surface area contributed by atoms with Crippen LogP contribution in [0.2, 0.25) is 0 Å². The molecule has 1 aliphatic rings. The minimum absolute atomic E-state index is 0.147. The van der Waals surface area contributed by atoms with E-state index in [0.29, 0.717) is 0 Å². The molecule has 1 radical (unpaired) electrons. The second-order valence-electron chi connectivity index (χ2n) is 1.43. The molecule has 37 valence electrons. The quantitative estimate of drug-likeness (QED) is 0.433. The Balaban J connectivity index is 2.49. The first-order valence-electron chi connectivity index (χ1n) is 2.25. The number of rotatable bonds is 0. The molecular formula is C6H6F. The van der Waals surface area contributed by atoms with E-state index < -0.39 is 0 Å². The predicted molar refractivity (Wildman–Crippen MR) is 27.2 cm³/mol. The Morgan fingerprint density at radius 1 is 1.29 bits per heavy atom. The zero-order valence-corrected chi connectivity index (χ0v) is 3.89. The summed E-state index contributed by atoms with van der Waals surface area (Å²) in [6, 6.07) is 0. The monoisotopic (exact) mass is 97.0 g/mol. The molecule has 0 atom stereocenters. The highest BCUT2D eigenvalue weighted by Gasteiger charge is 1.96. The molecule has 0 saturated heterocycles. The third-order valence-electron chi connectivity index (χ3n) is 0.826. The summed E-state index contributed by atoms with van der Waals surface area (Å²) >= 11 is 0. The summed E-state index contributed by atoms with van der Waals surface area (Å²) in [5.41, 5.74) is 0. The molecular weight excluding hydrogens is 91.1 g/mol. The average molecular weight is 97.1 g/mol. The van der Waals surface area contributed by atoms with Gasteiger partial charge in [0.05, 0.1) is 0 Å². The molecule has 0 N–H and O–H groups in total. The van der Waals surface area contributed by atoms with Gasteiger partial charge in [0.1, 0.15) is 0 Å². The van der Waals surface area contributed by atoms with E-state index >= 15 is 0 Å². The second kappa shape index (κ2) is 1.92. The highest BCUT2D eigenvalue weighted by molar-refractivity contribution is 5.21. The Morgan fingerprint density at radius 3 is 2.14 bits per heavy atom. The van der Waals surface area contributed by atoms with E-state index in [1.54, 1.807) is 12.2 Å².